The maximum atomic E-state index is 11.4. The molecule has 0 unspecified atom stereocenters. The first-order valence-corrected chi connectivity index (χ1v) is 5.15. The molecule has 0 aromatic rings. The second kappa shape index (κ2) is 6.15. The smallest absolute Gasteiger partial charge is 0.315 e. The third-order valence-corrected chi connectivity index (χ3v) is 1.97. The Morgan fingerprint density at radius 3 is 2.38 bits per heavy atom. The lowest BCUT2D eigenvalue weighted by atomic mass is 9.99. The Bertz CT molecular complexity index is 285. The molecule has 0 aliphatic heterocycles. The van der Waals surface area contributed by atoms with Crippen LogP contribution in [0.4, 0.5) is 4.79 Å². The van der Waals surface area contributed by atoms with Gasteiger partial charge in [0.15, 0.2) is 0 Å². The number of hydrogen-bond acceptors (Lipinski definition) is 2. The zero-order valence-corrected chi connectivity index (χ0v) is 10.1. The van der Waals surface area contributed by atoms with Crippen LogP contribution in [0.2, 0.25) is 0 Å². The van der Waals surface area contributed by atoms with Gasteiger partial charge in [-0.2, -0.15) is 0 Å². The first kappa shape index (κ1) is 14.5. The number of carbonyl (C=O) groups is 2. The number of carboxylic acids is 1. The predicted molar refractivity (Wildman–Crippen MR) is 62.3 cm³/mol. The molecule has 0 saturated heterocycles. The molecule has 0 saturated carbocycles. The van der Waals surface area contributed by atoms with Gasteiger partial charge in [-0.3, -0.25) is 4.79 Å². The van der Waals surface area contributed by atoms with Crippen molar-refractivity contribution in [1.82, 2.24) is 10.6 Å². The molecule has 0 aromatic heterocycles. The van der Waals surface area contributed by atoms with Gasteiger partial charge >= 0.3 is 12.0 Å². The highest BCUT2D eigenvalue weighted by Gasteiger charge is 2.21. The van der Waals surface area contributed by atoms with Gasteiger partial charge in [0.1, 0.15) is 0 Å². The lowest BCUT2D eigenvalue weighted by molar-refractivity contribution is -0.137. The lowest BCUT2D eigenvalue weighted by Gasteiger charge is -2.25. The first-order valence-electron chi connectivity index (χ1n) is 5.15. The van der Waals surface area contributed by atoms with Gasteiger partial charge in [-0.25, -0.2) is 4.79 Å². The Morgan fingerprint density at radius 1 is 1.38 bits per heavy atom. The summed E-state index contributed by atoms with van der Waals surface area (Å²) in [5.74, 6) is -0.864. The second-order valence-electron chi connectivity index (χ2n) is 4.54. The Balaban J connectivity index is 3.99. The second-order valence-corrected chi connectivity index (χ2v) is 4.54. The number of nitrogens with one attached hydrogen (secondary N) is 2. The number of carboxylic acid groups (broad SMARTS) is 1. The summed E-state index contributed by atoms with van der Waals surface area (Å²) in [6.45, 7) is 9.47. The van der Waals surface area contributed by atoms with Gasteiger partial charge in [0, 0.05) is 18.5 Å². The molecule has 0 aromatic carbocycles. The number of hydrogen-bond donors (Lipinski definition) is 3. The van der Waals surface area contributed by atoms with Crippen LogP contribution >= 0.6 is 0 Å². The maximum Gasteiger partial charge on any atom is 0.315 e. The summed E-state index contributed by atoms with van der Waals surface area (Å²) < 4.78 is 0. The monoisotopic (exact) mass is 228 g/mol. The highest BCUT2D eigenvalue weighted by Crippen LogP contribution is 2.10. The van der Waals surface area contributed by atoms with Gasteiger partial charge in [0.25, 0.3) is 0 Å². The van der Waals surface area contributed by atoms with Crippen molar-refractivity contribution in [2.24, 2.45) is 0 Å². The average molecular weight is 228 g/mol. The van der Waals surface area contributed by atoms with Crippen molar-refractivity contribution in [1.29, 1.82) is 0 Å². The normalized spacial score (nSPS) is 10.7. The summed E-state index contributed by atoms with van der Waals surface area (Å²) in [7, 11) is 0. The third kappa shape index (κ3) is 7.84. The molecule has 3 N–H and O–H groups in total. The largest absolute Gasteiger partial charge is 0.481 e. The Morgan fingerprint density at radius 2 is 1.94 bits per heavy atom. The molecule has 0 fully saturated rings. The number of urea groups is 1. The topological polar surface area (TPSA) is 78.4 Å². The molecule has 2 amide bonds. The van der Waals surface area contributed by atoms with E-state index in [-0.39, 0.29) is 12.5 Å². The van der Waals surface area contributed by atoms with E-state index in [1.165, 1.54) is 0 Å². The van der Waals surface area contributed by atoms with Crippen molar-refractivity contribution < 1.29 is 14.7 Å². The number of amides is 2. The Hall–Kier alpha value is -1.52. The van der Waals surface area contributed by atoms with E-state index in [2.05, 4.69) is 17.2 Å². The number of rotatable bonds is 6. The minimum Gasteiger partial charge on any atom is -0.481 e. The quantitative estimate of drug-likeness (QED) is 0.603. The van der Waals surface area contributed by atoms with Crippen LogP contribution in [0.15, 0.2) is 12.2 Å². The summed E-state index contributed by atoms with van der Waals surface area (Å²) >= 11 is 0. The average Bonchev–Trinajstić information content (AvgIpc) is 2.11. The molecule has 0 radical (unpaired) electrons. The standard InChI is InChI=1S/C11H20N2O3/c1-8(2)7-12-10(16)13-11(3,4)6-5-9(14)15/h1,5-7H2,2-4H3,(H,14,15)(H2,12,13,16). The van der Waals surface area contributed by atoms with E-state index >= 15 is 0 Å². The zero-order chi connectivity index (χ0) is 12.8. The predicted octanol–water partition coefficient (Wildman–Crippen LogP) is 1.51. The molecule has 5 nitrogen and oxygen atoms in total. The molecule has 0 bridgehead atoms. The summed E-state index contributed by atoms with van der Waals surface area (Å²) in [4.78, 5) is 21.8. The molecule has 5 heteroatoms. The van der Waals surface area contributed by atoms with Crippen LogP contribution in [0.1, 0.15) is 33.6 Å². The van der Waals surface area contributed by atoms with Gasteiger partial charge in [-0.1, -0.05) is 12.2 Å². The van der Waals surface area contributed by atoms with Gasteiger partial charge in [-0.15, -0.1) is 0 Å². The van der Waals surface area contributed by atoms with Crippen molar-refractivity contribution in [3.8, 4) is 0 Å². The summed E-state index contributed by atoms with van der Waals surface area (Å²) in [6.07, 6.45) is 0.427. The van der Waals surface area contributed by atoms with E-state index in [1.54, 1.807) is 13.8 Å². The van der Waals surface area contributed by atoms with Crippen molar-refractivity contribution in [3.63, 3.8) is 0 Å². The summed E-state index contributed by atoms with van der Waals surface area (Å²) in [5, 5.41) is 13.9. The molecule has 92 valence electrons. The highest BCUT2D eigenvalue weighted by atomic mass is 16.4. The minimum atomic E-state index is -0.864. The van der Waals surface area contributed by atoms with E-state index in [0.29, 0.717) is 13.0 Å². The van der Waals surface area contributed by atoms with Crippen LogP contribution in [-0.2, 0) is 4.79 Å². The van der Waals surface area contributed by atoms with Gasteiger partial charge < -0.3 is 15.7 Å². The van der Waals surface area contributed by atoms with Crippen molar-refractivity contribution >= 4 is 12.0 Å². The van der Waals surface area contributed by atoms with Crippen molar-refractivity contribution in [2.75, 3.05) is 6.54 Å². The van der Waals surface area contributed by atoms with Crippen LogP contribution in [0.5, 0.6) is 0 Å². The van der Waals surface area contributed by atoms with E-state index < -0.39 is 11.5 Å². The third-order valence-electron chi connectivity index (χ3n) is 1.97. The Kier molecular flexibility index (Phi) is 5.56. The van der Waals surface area contributed by atoms with E-state index in [0.717, 1.165) is 5.57 Å². The van der Waals surface area contributed by atoms with Crippen LogP contribution < -0.4 is 10.6 Å². The fourth-order valence-corrected chi connectivity index (χ4v) is 1.06. The van der Waals surface area contributed by atoms with Crippen molar-refractivity contribution in [3.05, 3.63) is 12.2 Å². The van der Waals surface area contributed by atoms with E-state index in [9.17, 15) is 9.59 Å². The SMILES string of the molecule is C=C(C)CNC(=O)NC(C)(C)CCC(=O)O. The first-order chi connectivity index (χ1) is 7.23. The molecule has 16 heavy (non-hydrogen) atoms. The van der Waals surface area contributed by atoms with Gasteiger partial charge in [0.05, 0.1) is 0 Å². The highest BCUT2D eigenvalue weighted by molar-refractivity contribution is 5.75. The molecule has 0 aliphatic rings. The molecule has 0 atom stereocenters. The molecular formula is C11H20N2O3. The number of carbonyl (C=O) groups excluding carboxylic acids is 1. The van der Waals surface area contributed by atoms with E-state index in [1.807, 2.05) is 6.92 Å². The molecule has 0 rings (SSSR count). The maximum absolute atomic E-state index is 11.4. The lowest BCUT2D eigenvalue weighted by Crippen LogP contribution is -2.48. The minimum absolute atomic E-state index is 0.0355. The molecule has 0 spiro atoms. The van der Waals surface area contributed by atoms with Crippen LogP contribution in [0.25, 0.3) is 0 Å². The summed E-state index contributed by atoms with van der Waals surface area (Å²) in [5.41, 5.74) is 0.330. The Labute approximate surface area is 95.9 Å². The van der Waals surface area contributed by atoms with Gasteiger partial charge in [-0.05, 0) is 27.2 Å². The van der Waals surface area contributed by atoms with Crippen LogP contribution in [0.3, 0.4) is 0 Å². The molecule has 0 aliphatic carbocycles. The van der Waals surface area contributed by atoms with Crippen LogP contribution in [-0.4, -0.2) is 29.2 Å². The fourth-order valence-electron chi connectivity index (χ4n) is 1.06. The van der Waals surface area contributed by atoms with E-state index in [4.69, 9.17) is 5.11 Å². The molecular weight excluding hydrogens is 208 g/mol. The fraction of sp³-hybridized carbons (Fsp3) is 0.636. The number of aliphatic carboxylic acids is 1. The molecule has 0 heterocycles. The van der Waals surface area contributed by atoms with Gasteiger partial charge in [0.2, 0.25) is 0 Å². The summed E-state index contributed by atoms with van der Waals surface area (Å²) in [6, 6.07) is -0.307. The van der Waals surface area contributed by atoms with Crippen molar-refractivity contribution in [2.45, 2.75) is 39.2 Å². The van der Waals surface area contributed by atoms with Crippen LogP contribution in [0, 0.1) is 0 Å². The zero-order valence-electron chi connectivity index (χ0n) is 10.1.